The highest BCUT2D eigenvalue weighted by molar-refractivity contribution is 9.10. The number of amides is 1. The average molecular weight is 333 g/mol. The number of carbonyl (C=O) groups is 2. The quantitative estimate of drug-likeness (QED) is 0.741. The van der Waals surface area contributed by atoms with Gasteiger partial charge in [0.2, 0.25) is 6.10 Å². The number of anilines is 1. The van der Waals surface area contributed by atoms with Gasteiger partial charge < -0.3 is 9.47 Å². The zero-order valence-corrected chi connectivity index (χ0v) is 11.3. The lowest BCUT2D eigenvalue weighted by atomic mass is 10.1. The highest BCUT2D eigenvalue weighted by Crippen LogP contribution is 2.40. The van der Waals surface area contributed by atoms with E-state index in [0.29, 0.717) is 11.4 Å². The van der Waals surface area contributed by atoms with Gasteiger partial charge in [0.15, 0.2) is 0 Å². The third kappa shape index (κ3) is 1.67. The first kappa shape index (κ1) is 11.8. The van der Waals surface area contributed by atoms with Crippen LogP contribution in [0.25, 0.3) is 0 Å². The van der Waals surface area contributed by atoms with Crippen molar-refractivity contribution in [1.29, 1.82) is 0 Å². The molecular formula is C11H7BrClNO4. The van der Waals surface area contributed by atoms with Crippen molar-refractivity contribution in [2.24, 2.45) is 0 Å². The molecule has 0 spiro atoms. The number of nitrogens with zero attached hydrogens (tertiary/aromatic N) is 1. The van der Waals surface area contributed by atoms with Gasteiger partial charge in [0.05, 0.1) is 5.69 Å². The number of halogens is 2. The van der Waals surface area contributed by atoms with Crippen molar-refractivity contribution in [3.8, 4) is 5.75 Å². The second-order valence-corrected chi connectivity index (χ2v) is 5.26. The van der Waals surface area contributed by atoms with E-state index >= 15 is 0 Å². The minimum Gasteiger partial charge on any atom is -0.489 e. The van der Waals surface area contributed by atoms with Gasteiger partial charge in [-0.15, -0.1) is 0 Å². The molecule has 1 amide bonds. The summed E-state index contributed by atoms with van der Waals surface area (Å²) in [4.78, 5) is 24.4. The van der Waals surface area contributed by atoms with E-state index in [9.17, 15) is 9.59 Å². The van der Waals surface area contributed by atoms with Crippen LogP contribution in [0.3, 0.4) is 0 Å². The minimum absolute atomic E-state index is 0.179. The molecule has 18 heavy (non-hydrogen) atoms. The van der Waals surface area contributed by atoms with Crippen molar-refractivity contribution in [2.75, 3.05) is 11.5 Å². The SMILES string of the molecule is O=C(Cl)[C@@H]1OC(=O)N2c3ccc(Br)cc3OC[C@@H]12. The molecule has 5 nitrogen and oxygen atoms in total. The molecule has 0 aromatic heterocycles. The van der Waals surface area contributed by atoms with Crippen LogP contribution in [-0.4, -0.2) is 30.1 Å². The molecule has 7 heteroatoms. The molecule has 0 aliphatic carbocycles. The molecule has 0 saturated carbocycles. The van der Waals surface area contributed by atoms with Gasteiger partial charge in [-0.25, -0.2) is 4.79 Å². The Morgan fingerprint density at radius 2 is 2.28 bits per heavy atom. The Morgan fingerprint density at radius 1 is 1.50 bits per heavy atom. The number of cyclic esters (lactones) is 1. The third-order valence-corrected chi connectivity index (χ3v) is 3.63. The monoisotopic (exact) mass is 331 g/mol. The van der Waals surface area contributed by atoms with Gasteiger partial charge in [-0.1, -0.05) is 15.9 Å². The summed E-state index contributed by atoms with van der Waals surface area (Å²) in [5.74, 6) is 0.570. The van der Waals surface area contributed by atoms with Crippen LogP contribution in [0.4, 0.5) is 10.5 Å². The van der Waals surface area contributed by atoms with Crippen LogP contribution in [0, 0.1) is 0 Å². The first-order valence-electron chi connectivity index (χ1n) is 5.19. The standard InChI is InChI=1S/C11H7BrClNO4/c12-5-1-2-6-8(3-5)17-4-7-9(10(13)15)18-11(16)14(6)7/h1-3,7,9H,4H2/t7-,9+/m0/s1. The van der Waals surface area contributed by atoms with E-state index < -0.39 is 23.5 Å². The number of hydrogen-bond acceptors (Lipinski definition) is 4. The van der Waals surface area contributed by atoms with Crippen molar-refractivity contribution < 1.29 is 19.1 Å². The number of benzene rings is 1. The van der Waals surface area contributed by atoms with E-state index in [1.807, 2.05) is 0 Å². The molecule has 2 atom stereocenters. The summed E-state index contributed by atoms with van der Waals surface area (Å²) in [7, 11) is 0. The second-order valence-electron chi connectivity index (χ2n) is 3.97. The van der Waals surface area contributed by atoms with E-state index in [0.717, 1.165) is 4.47 Å². The summed E-state index contributed by atoms with van der Waals surface area (Å²) in [6.07, 6.45) is -1.55. The zero-order chi connectivity index (χ0) is 12.9. The van der Waals surface area contributed by atoms with Crippen LogP contribution < -0.4 is 9.64 Å². The maximum Gasteiger partial charge on any atom is 0.415 e. The third-order valence-electron chi connectivity index (χ3n) is 2.92. The second kappa shape index (κ2) is 4.13. The van der Waals surface area contributed by atoms with E-state index in [1.54, 1.807) is 18.2 Å². The van der Waals surface area contributed by atoms with Crippen LogP contribution in [-0.2, 0) is 9.53 Å². The number of carbonyl (C=O) groups excluding carboxylic acids is 2. The molecule has 1 aromatic carbocycles. The van der Waals surface area contributed by atoms with Gasteiger partial charge in [-0.3, -0.25) is 9.69 Å². The lowest BCUT2D eigenvalue weighted by Gasteiger charge is -2.30. The smallest absolute Gasteiger partial charge is 0.415 e. The largest absolute Gasteiger partial charge is 0.489 e. The zero-order valence-electron chi connectivity index (χ0n) is 8.93. The van der Waals surface area contributed by atoms with Gasteiger partial charge in [0.1, 0.15) is 18.4 Å². The summed E-state index contributed by atoms with van der Waals surface area (Å²) in [6, 6.07) is 4.77. The molecule has 2 aliphatic rings. The van der Waals surface area contributed by atoms with E-state index in [1.165, 1.54) is 4.90 Å². The van der Waals surface area contributed by atoms with Crippen molar-refractivity contribution >= 4 is 44.6 Å². The number of fused-ring (bicyclic) bond motifs is 3. The highest BCUT2D eigenvalue weighted by atomic mass is 79.9. The minimum atomic E-state index is -0.976. The fourth-order valence-corrected chi connectivity index (χ4v) is 2.66. The fraction of sp³-hybridized carbons (Fsp3) is 0.273. The molecule has 1 saturated heterocycles. The summed E-state index contributed by atoms with van der Waals surface area (Å²) in [5.41, 5.74) is 0.583. The Labute approximate surface area is 116 Å². The Kier molecular flexibility index (Phi) is 2.71. The first-order valence-corrected chi connectivity index (χ1v) is 6.36. The van der Waals surface area contributed by atoms with Crippen LogP contribution in [0.5, 0.6) is 5.75 Å². The maximum absolute atomic E-state index is 11.8. The molecule has 0 bridgehead atoms. The molecule has 1 fully saturated rings. The van der Waals surface area contributed by atoms with Crippen molar-refractivity contribution in [3.05, 3.63) is 22.7 Å². The predicted octanol–water partition coefficient (Wildman–Crippen LogP) is 2.30. The molecule has 1 aromatic rings. The first-order chi connectivity index (χ1) is 8.58. The molecule has 0 radical (unpaired) electrons. The van der Waals surface area contributed by atoms with Gasteiger partial charge >= 0.3 is 6.09 Å². The summed E-state index contributed by atoms with van der Waals surface area (Å²) >= 11 is 8.74. The predicted molar refractivity (Wildman–Crippen MR) is 67.0 cm³/mol. The van der Waals surface area contributed by atoms with Crippen molar-refractivity contribution in [1.82, 2.24) is 0 Å². The summed E-state index contributed by atoms with van der Waals surface area (Å²) in [5, 5.41) is -0.694. The molecule has 2 heterocycles. The Hall–Kier alpha value is -1.27. The summed E-state index contributed by atoms with van der Waals surface area (Å²) < 4.78 is 11.3. The summed E-state index contributed by atoms with van der Waals surface area (Å²) in [6.45, 7) is 0.179. The Bertz CT molecular complexity index is 550. The van der Waals surface area contributed by atoms with Crippen LogP contribution in [0.2, 0.25) is 0 Å². The van der Waals surface area contributed by atoms with Gasteiger partial charge in [-0.2, -0.15) is 0 Å². The molecular weight excluding hydrogens is 325 g/mol. The van der Waals surface area contributed by atoms with E-state index in [-0.39, 0.29) is 6.61 Å². The molecule has 94 valence electrons. The average Bonchev–Trinajstić information content (AvgIpc) is 2.67. The van der Waals surface area contributed by atoms with Crippen molar-refractivity contribution in [2.45, 2.75) is 12.1 Å². The molecule has 2 aliphatic heterocycles. The van der Waals surface area contributed by atoms with Crippen LogP contribution in [0.1, 0.15) is 0 Å². The number of hydrogen-bond donors (Lipinski definition) is 0. The van der Waals surface area contributed by atoms with Crippen molar-refractivity contribution in [3.63, 3.8) is 0 Å². The van der Waals surface area contributed by atoms with Gasteiger partial charge in [-0.05, 0) is 29.8 Å². The molecule has 3 rings (SSSR count). The molecule has 0 unspecified atom stereocenters. The van der Waals surface area contributed by atoms with Crippen LogP contribution in [0.15, 0.2) is 22.7 Å². The van der Waals surface area contributed by atoms with Gasteiger partial charge in [0, 0.05) is 4.47 Å². The normalized spacial score (nSPS) is 25.0. The highest BCUT2D eigenvalue weighted by Gasteiger charge is 2.49. The van der Waals surface area contributed by atoms with E-state index in [2.05, 4.69) is 15.9 Å². The number of rotatable bonds is 1. The Balaban J connectivity index is 2.04. The van der Waals surface area contributed by atoms with E-state index in [4.69, 9.17) is 21.1 Å². The Morgan fingerprint density at radius 3 is 3.00 bits per heavy atom. The number of ether oxygens (including phenoxy) is 2. The lowest BCUT2D eigenvalue weighted by Crippen LogP contribution is -2.46. The maximum atomic E-state index is 11.8. The fourth-order valence-electron chi connectivity index (χ4n) is 2.13. The topological polar surface area (TPSA) is 55.8 Å². The molecule has 0 N–H and O–H groups in total. The van der Waals surface area contributed by atoms with Crippen LogP contribution >= 0.6 is 27.5 Å². The van der Waals surface area contributed by atoms with Gasteiger partial charge in [0.25, 0.3) is 5.24 Å². The lowest BCUT2D eigenvalue weighted by molar-refractivity contribution is -0.118.